The van der Waals surface area contributed by atoms with Gasteiger partial charge in [-0.1, -0.05) is 6.92 Å². The molecule has 0 aromatic carbocycles. The van der Waals surface area contributed by atoms with Crippen molar-refractivity contribution in [2.45, 2.75) is 37.2 Å². The third-order valence-corrected chi connectivity index (χ3v) is 1.84. The molecule has 0 heterocycles. The molecule has 0 aliphatic carbocycles. The zero-order valence-corrected chi connectivity index (χ0v) is 9.11. The number of carbonyl (C=O) groups is 1. The van der Waals surface area contributed by atoms with Crippen LogP contribution in [0.3, 0.4) is 0 Å². The van der Waals surface area contributed by atoms with E-state index in [1.807, 2.05) is 6.92 Å². The average Bonchev–Trinajstić information content (AvgIpc) is 1.98. The zero-order valence-electron chi connectivity index (χ0n) is 7.32. The van der Waals surface area contributed by atoms with Crippen molar-refractivity contribution < 1.29 is 9.53 Å². The van der Waals surface area contributed by atoms with Crippen molar-refractivity contribution in [2.24, 2.45) is 0 Å². The molecule has 0 saturated heterocycles. The molecule has 0 unspecified atom stereocenters. The second-order valence-corrected chi connectivity index (χ2v) is 4.25. The van der Waals surface area contributed by atoms with E-state index in [4.69, 9.17) is 4.74 Å². The second kappa shape index (κ2) is 7.80. The number of esters is 1. The van der Waals surface area contributed by atoms with Gasteiger partial charge >= 0.3 is 5.97 Å². The molecule has 2 nitrogen and oxygen atoms in total. The van der Waals surface area contributed by atoms with E-state index in [-0.39, 0.29) is 10.6 Å². The highest BCUT2D eigenvalue weighted by Crippen LogP contribution is 2.08. The minimum atomic E-state index is -0.104. The van der Waals surface area contributed by atoms with Gasteiger partial charge in [-0.2, -0.15) is 25.3 Å². The first-order valence-electron chi connectivity index (χ1n) is 4.18. The molecule has 0 bridgehead atoms. The summed E-state index contributed by atoms with van der Waals surface area (Å²) in [7, 11) is 0. The summed E-state index contributed by atoms with van der Waals surface area (Å²) in [6, 6.07) is 0. The Morgan fingerprint density at radius 2 is 2.17 bits per heavy atom. The van der Waals surface area contributed by atoms with Crippen LogP contribution in [-0.2, 0) is 9.53 Å². The van der Waals surface area contributed by atoms with E-state index in [1.165, 1.54) is 0 Å². The van der Waals surface area contributed by atoms with E-state index in [1.54, 1.807) is 0 Å². The lowest BCUT2D eigenvalue weighted by Crippen LogP contribution is -2.05. The predicted octanol–water partition coefficient (Wildman–Crippen LogP) is 2.30. The number of rotatable bonds is 6. The van der Waals surface area contributed by atoms with E-state index < -0.39 is 0 Å². The third-order valence-electron chi connectivity index (χ3n) is 1.32. The van der Waals surface area contributed by atoms with Crippen molar-refractivity contribution in [2.75, 3.05) is 6.61 Å². The van der Waals surface area contributed by atoms with Crippen molar-refractivity contribution in [3.05, 3.63) is 0 Å². The molecule has 0 amide bonds. The Morgan fingerprint density at radius 1 is 1.50 bits per heavy atom. The fraction of sp³-hybridized carbons (Fsp3) is 0.875. The summed E-state index contributed by atoms with van der Waals surface area (Å²) in [5.74, 6) is -0.104. The van der Waals surface area contributed by atoms with Gasteiger partial charge in [0.25, 0.3) is 0 Å². The first-order chi connectivity index (χ1) is 5.66. The van der Waals surface area contributed by atoms with E-state index in [2.05, 4.69) is 25.3 Å². The molecule has 0 atom stereocenters. The van der Waals surface area contributed by atoms with Crippen LogP contribution in [0.4, 0.5) is 0 Å². The van der Waals surface area contributed by atoms with Crippen LogP contribution in [0.1, 0.15) is 32.6 Å². The van der Waals surface area contributed by atoms with Gasteiger partial charge in [0.05, 0.1) is 6.61 Å². The number of thiol groups is 2. The summed E-state index contributed by atoms with van der Waals surface area (Å²) in [4.78, 5) is 10.8. The molecule has 0 spiro atoms. The van der Waals surface area contributed by atoms with Crippen molar-refractivity contribution in [1.29, 1.82) is 0 Å². The lowest BCUT2D eigenvalue weighted by Gasteiger charge is -2.04. The molecule has 0 N–H and O–H groups in total. The lowest BCUT2D eigenvalue weighted by atomic mass is 10.3. The minimum absolute atomic E-state index is 0.0925. The monoisotopic (exact) mass is 208 g/mol. The van der Waals surface area contributed by atoms with E-state index >= 15 is 0 Å². The van der Waals surface area contributed by atoms with Crippen LogP contribution in [-0.4, -0.2) is 17.2 Å². The Balaban J connectivity index is 3.14. The third kappa shape index (κ3) is 8.27. The van der Waals surface area contributed by atoms with Crippen LogP contribution in [0.25, 0.3) is 0 Å². The van der Waals surface area contributed by atoms with Crippen molar-refractivity contribution >= 4 is 31.2 Å². The molecule has 12 heavy (non-hydrogen) atoms. The average molecular weight is 208 g/mol. The highest BCUT2D eigenvalue weighted by atomic mass is 32.2. The largest absolute Gasteiger partial charge is 0.466 e. The van der Waals surface area contributed by atoms with E-state index in [0.717, 1.165) is 19.3 Å². The summed E-state index contributed by atoms with van der Waals surface area (Å²) in [5, 5.41) is 0. The van der Waals surface area contributed by atoms with Gasteiger partial charge in [-0.15, -0.1) is 0 Å². The molecular formula is C8H16O2S2. The van der Waals surface area contributed by atoms with Crippen molar-refractivity contribution in [3.63, 3.8) is 0 Å². The maximum atomic E-state index is 10.8. The lowest BCUT2D eigenvalue weighted by molar-refractivity contribution is -0.143. The van der Waals surface area contributed by atoms with Gasteiger partial charge in [0.1, 0.15) is 0 Å². The van der Waals surface area contributed by atoms with Crippen molar-refractivity contribution in [3.8, 4) is 0 Å². The van der Waals surface area contributed by atoms with E-state index in [0.29, 0.717) is 13.0 Å². The summed E-state index contributed by atoms with van der Waals surface area (Å²) < 4.78 is 5.02. The van der Waals surface area contributed by atoms with E-state index in [9.17, 15) is 4.79 Å². The van der Waals surface area contributed by atoms with Crippen LogP contribution in [0, 0.1) is 0 Å². The molecule has 0 radical (unpaired) electrons. The highest BCUT2D eigenvalue weighted by molar-refractivity contribution is 7.99. The van der Waals surface area contributed by atoms with Gasteiger partial charge in [-0.3, -0.25) is 4.79 Å². The minimum Gasteiger partial charge on any atom is -0.466 e. The Bertz CT molecular complexity index is 126. The smallest absolute Gasteiger partial charge is 0.305 e. The Labute approximate surface area is 84.9 Å². The summed E-state index contributed by atoms with van der Waals surface area (Å²) in [5.41, 5.74) is 0. The first-order valence-corrected chi connectivity index (χ1v) is 5.22. The maximum Gasteiger partial charge on any atom is 0.305 e. The molecule has 0 aromatic heterocycles. The van der Waals surface area contributed by atoms with Crippen LogP contribution in [0.15, 0.2) is 0 Å². The Kier molecular flexibility index (Phi) is 7.91. The number of hydrogen-bond acceptors (Lipinski definition) is 4. The van der Waals surface area contributed by atoms with Crippen LogP contribution < -0.4 is 0 Å². The fourth-order valence-electron chi connectivity index (χ4n) is 0.728. The van der Waals surface area contributed by atoms with Gasteiger partial charge < -0.3 is 4.74 Å². The SMILES string of the molecule is CCCC(=O)OCCCC(S)S. The maximum absolute atomic E-state index is 10.8. The molecule has 0 fully saturated rings. The molecule has 0 rings (SSSR count). The Hall–Kier alpha value is 0.170. The summed E-state index contributed by atoms with van der Waals surface area (Å²) in [6.45, 7) is 2.45. The molecule has 0 saturated carbocycles. The summed E-state index contributed by atoms with van der Waals surface area (Å²) in [6.07, 6.45) is 3.07. The normalized spacial score (nSPS) is 10.3. The van der Waals surface area contributed by atoms with Crippen LogP contribution in [0.2, 0.25) is 0 Å². The summed E-state index contributed by atoms with van der Waals surface area (Å²) >= 11 is 8.18. The quantitative estimate of drug-likeness (QED) is 0.303. The van der Waals surface area contributed by atoms with Gasteiger partial charge in [0, 0.05) is 11.0 Å². The van der Waals surface area contributed by atoms with Crippen LogP contribution >= 0.6 is 25.3 Å². The fourth-order valence-corrected chi connectivity index (χ4v) is 1.09. The van der Waals surface area contributed by atoms with Gasteiger partial charge in [-0.25, -0.2) is 0 Å². The highest BCUT2D eigenvalue weighted by Gasteiger charge is 2.00. The molecule has 0 aromatic rings. The zero-order chi connectivity index (χ0) is 9.40. The van der Waals surface area contributed by atoms with Gasteiger partial charge in [0.15, 0.2) is 0 Å². The first kappa shape index (κ1) is 12.2. The number of carbonyl (C=O) groups excluding carboxylic acids is 1. The molecule has 72 valence electrons. The van der Waals surface area contributed by atoms with Crippen LogP contribution in [0.5, 0.6) is 0 Å². The topological polar surface area (TPSA) is 26.3 Å². The van der Waals surface area contributed by atoms with Gasteiger partial charge in [0.2, 0.25) is 0 Å². The molecular weight excluding hydrogens is 192 g/mol. The molecule has 4 heteroatoms. The van der Waals surface area contributed by atoms with Crippen molar-refractivity contribution in [1.82, 2.24) is 0 Å². The number of hydrogen-bond donors (Lipinski definition) is 2. The predicted molar refractivity (Wildman–Crippen MR) is 56.9 cm³/mol. The number of ether oxygens (including phenoxy) is 1. The molecule has 0 aliphatic heterocycles. The standard InChI is InChI=1S/C8H16O2S2/c1-2-4-7(9)10-6-3-5-8(11)12/h8,11-12H,2-6H2,1H3. The van der Waals surface area contributed by atoms with Gasteiger partial charge in [-0.05, 0) is 19.3 Å². The molecule has 0 aliphatic rings. The second-order valence-electron chi connectivity index (χ2n) is 2.59. The Morgan fingerprint density at radius 3 is 2.67 bits per heavy atom.